The van der Waals surface area contributed by atoms with E-state index in [1.165, 1.54) is 33.5 Å². The summed E-state index contributed by atoms with van der Waals surface area (Å²) in [4.78, 5) is 13.0. The summed E-state index contributed by atoms with van der Waals surface area (Å²) in [5.41, 5.74) is 1.55. The topological polar surface area (TPSA) is 94.2 Å². The molecule has 3 aromatic carbocycles. The van der Waals surface area contributed by atoms with Crippen LogP contribution in [0.15, 0.2) is 71.6 Å². The van der Waals surface area contributed by atoms with Gasteiger partial charge in [-0.2, -0.15) is 0 Å². The van der Waals surface area contributed by atoms with E-state index in [1.807, 2.05) is 6.92 Å². The Balaban J connectivity index is 2.04. The number of benzene rings is 3. The number of hydrogen-bond donors (Lipinski definition) is 1. The highest BCUT2D eigenvalue weighted by molar-refractivity contribution is 7.92. The molecule has 0 fully saturated rings. The highest BCUT2D eigenvalue weighted by Gasteiger charge is 2.30. The third-order valence-electron chi connectivity index (χ3n) is 4.93. The molecule has 0 aliphatic heterocycles. The Bertz CT molecular complexity index is 1230. The molecule has 33 heavy (non-hydrogen) atoms. The average molecular weight is 471 g/mol. The van der Waals surface area contributed by atoms with E-state index in [4.69, 9.17) is 14.2 Å². The maximum absolute atomic E-state index is 13.6. The first-order valence-electron chi connectivity index (χ1n) is 10.0. The van der Waals surface area contributed by atoms with Crippen LogP contribution in [0, 0.1) is 6.92 Å². The fourth-order valence-electron chi connectivity index (χ4n) is 3.20. The number of ether oxygens (including phenoxy) is 3. The van der Waals surface area contributed by atoms with Crippen LogP contribution in [0.25, 0.3) is 0 Å². The van der Waals surface area contributed by atoms with Gasteiger partial charge in [-0.3, -0.25) is 9.10 Å². The molecule has 1 amide bonds. The minimum Gasteiger partial charge on any atom is -0.497 e. The minimum atomic E-state index is -4.11. The molecule has 9 heteroatoms. The van der Waals surface area contributed by atoms with E-state index in [9.17, 15) is 13.2 Å². The van der Waals surface area contributed by atoms with Crippen molar-refractivity contribution in [2.24, 2.45) is 0 Å². The number of methoxy groups -OCH3 is 3. The Morgan fingerprint density at radius 3 is 2.18 bits per heavy atom. The lowest BCUT2D eigenvalue weighted by Crippen LogP contribution is -2.38. The van der Waals surface area contributed by atoms with Crippen LogP contribution in [-0.2, 0) is 14.8 Å². The Kier molecular flexibility index (Phi) is 7.44. The summed E-state index contributed by atoms with van der Waals surface area (Å²) in [6.45, 7) is 1.37. The number of aryl methyl sites for hydroxylation is 1. The number of nitrogens with one attached hydrogen (secondary N) is 1. The van der Waals surface area contributed by atoms with Crippen molar-refractivity contribution in [3.05, 3.63) is 72.3 Å². The van der Waals surface area contributed by atoms with Crippen molar-refractivity contribution in [3.8, 4) is 17.2 Å². The summed E-state index contributed by atoms with van der Waals surface area (Å²) < 4.78 is 44.1. The first-order valence-corrected chi connectivity index (χ1v) is 11.5. The molecule has 0 bridgehead atoms. The van der Waals surface area contributed by atoms with Crippen molar-refractivity contribution in [1.82, 2.24) is 0 Å². The number of para-hydroxylation sites is 2. The van der Waals surface area contributed by atoms with Crippen LogP contribution in [0.3, 0.4) is 0 Å². The van der Waals surface area contributed by atoms with Gasteiger partial charge in [0.05, 0.1) is 37.6 Å². The first-order chi connectivity index (χ1) is 15.8. The van der Waals surface area contributed by atoms with Gasteiger partial charge in [0.15, 0.2) is 0 Å². The molecule has 0 aliphatic rings. The third-order valence-corrected chi connectivity index (χ3v) is 6.71. The van der Waals surface area contributed by atoms with E-state index >= 15 is 0 Å². The molecule has 0 radical (unpaired) electrons. The van der Waals surface area contributed by atoms with Crippen molar-refractivity contribution in [2.45, 2.75) is 11.8 Å². The smallest absolute Gasteiger partial charge is 0.264 e. The largest absolute Gasteiger partial charge is 0.497 e. The Labute approximate surface area is 193 Å². The van der Waals surface area contributed by atoms with Crippen LogP contribution in [0.4, 0.5) is 11.4 Å². The second-order valence-electron chi connectivity index (χ2n) is 7.11. The van der Waals surface area contributed by atoms with E-state index in [2.05, 4.69) is 5.32 Å². The SMILES string of the molecule is COc1ccc(N(CC(=O)Nc2ccccc2OC)S(=O)(=O)c2ccc(C)cc2)c(OC)c1. The molecule has 0 saturated heterocycles. The summed E-state index contributed by atoms with van der Waals surface area (Å²) in [6, 6.07) is 18.0. The molecule has 0 aliphatic carbocycles. The Morgan fingerprint density at radius 2 is 1.55 bits per heavy atom. The number of carbonyl (C=O) groups excluding carboxylic acids is 1. The molecule has 3 aromatic rings. The lowest BCUT2D eigenvalue weighted by atomic mass is 10.2. The highest BCUT2D eigenvalue weighted by atomic mass is 32.2. The van der Waals surface area contributed by atoms with Crippen LogP contribution >= 0.6 is 0 Å². The Hall–Kier alpha value is -3.72. The molecule has 0 unspecified atom stereocenters. The van der Waals surface area contributed by atoms with Gasteiger partial charge in [0, 0.05) is 6.07 Å². The second kappa shape index (κ2) is 10.3. The van der Waals surface area contributed by atoms with Gasteiger partial charge in [-0.1, -0.05) is 29.8 Å². The molecule has 3 rings (SSSR count). The summed E-state index contributed by atoms with van der Waals surface area (Å²) in [6.07, 6.45) is 0. The van der Waals surface area contributed by atoms with Crippen LogP contribution in [-0.4, -0.2) is 42.2 Å². The molecule has 0 saturated carbocycles. The quantitative estimate of drug-likeness (QED) is 0.511. The highest BCUT2D eigenvalue weighted by Crippen LogP contribution is 2.35. The second-order valence-corrected chi connectivity index (χ2v) is 8.97. The van der Waals surface area contributed by atoms with Gasteiger partial charge in [0.2, 0.25) is 5.91 Å². The van der Waals surface area contributed by atoms with Gasteiger partial charge in [-0.15, -0.1) is 0 Å². The predicted molar refractivity (Wildman–Crippen MR) is 127 cm³/mol. The molecule has 8 nitrogen and oxygen atoms in total. The number of carbonyl (C=O) groups is 1. The van der Waals surface area contributed by atoms with E-state index in [0.717, 1.165) is 9.87 Å². The zero-order valence-corrected chi connectivity index (χ0v) is 19.7. The fraction of sp³-hybridized carbons (Fsp3) is 0.208. The standard InChI is InChI=1S/C24H26N2O6S/c1-17-9-12-19(13-10-17)33(28,29)26(21-14-11-18(30-2)15-23(21)32-4)16-24(27)25-20-7-5-6-8-22(20)31-3/h5-15H,16H2,1-4H3,(H,25,27). The fourth-order valence-corrected chi connectivity index (χ4v) is 4.63. The normalized spacial score (nSPS) is 10.9. The van der Waals surface area contributed by atoms with Crippen LogP contribution in [0.1, 0.15) is 5.56 Å². The van der Waals surface area contributed by atoms with Crippen LogP contribution in [0.2, 0.25) is 0 Å². The van der Waals surface area contributed by atoms with E-state index < -0.39 is 22.5 Å². The van der Waals surface area contributed by atoms with Crippen molar-refractivity contribution in [1.29, 1.82) is 0 Å². The molecular formula is C24H26N2O6S. The molecule has 0 aromatic heterocycles. The molecule has 1 N–H and O–H groups in total. The van der Waals surface area contributed by atoms with Gasteiger partial charge in [-0.25, -0.2) is 8.42 Å². The monoisotopic (exact) mass is 470 g/mol. The van der Waals surface area contributed by atoms with Gasteiger partial charge in [0.25, 0.3) is 10.0 Å². The van der Waals surface area contributed by atoms with Crippen LogP contribution in [0.5, 0.6) is 17.2 Å². The lowest BCUT2D eigenvalue weighted by molar-refractivity contribution is -0.114. The van der Waals surface area contributed by atoms with Gasteiger partial charge < -0.3 is 19.5 Å². The predicted octanol–water partition coefficient (Wildman–Crippen LogP) is 3.85. The molecular weight excluding hydrogens is 444 g/mol. The number of hydrogen-bond acceptors (Lipinski definition) is 6. The van der Waals surface area contributed by atoms with E-state index in [0.29, 0.717) is 17.2 Å². The van der Waals surface area contributed by atoms with Crippen molar-refractivity contribution < 1.29 is 27.4 Å². The number of nitrogens with zero attached hydrogens (tertiary/aromatic N) is 1. The molecule has 0 spiro atoms. The summed E-state index contributed by atoms with van der Waals surface area (Å²) in [7, 11) is 0.298. The molecule has 174 valence electrons. The number of rotatable bonds is 9. The summed E-state index contributed by atoms with van der Waals surface area (Å²) in [5, 5.41) is 2.72. The Morgan fingerprint density at radius 1 is 0.879 bits per heavy atom. The zero-order valence-electron chi connectivity index (χ0n) is 18.9. The zero-order chi connectivity index (χ0) is 24.0. The van der Waals surface area contributed by atoms with Crippen LogP contribution < -0.4 is 23.8 Å². The first kappa shape index (κ1) is 23.9. The van der Waals surface area contributed by atoms with E-state index in [-0.39, 0.29) is 16.3 Å². The average Bonchev–Trinajstić information content (AvgIpc) is 2.82. The maximum atomic E-state index is 13.6. The molecule has 0 atom stereocenters. The summed E-state index contributed by atoms with van der Waals surface area (Å²) in [5.74, 6) is 0.644. The number of anilines is 2. The number of amides is 1. The lowest BCUT2D eigenvalue weighted by Gasteiger charge is -2.26. The van der Waals surface area contributed by atoms with Crippen molar-refractivity contribution >= 4 is 27.3 Å². The number of sulfonamides is 1. The van der Waals surface area contributed by atoms with Crippen molar-refractivity contribution in [3.63, 3.8) is 0 Å². The maximum Gasteiger partial charge on any atom is 0.264 e. The van der Waals surface area contributed by atoms with Gasteiger partial charge >= 0.3 is 0 Å². The van der Waals surface area contributed by atoms with E-state index in [1.54, 1.807) is 54.6 Å². The minimum absolute atomic E-state index is 0.0519. The summed E-state index contributed by atoms with van der Waals surface area (Å²) >= 11 is 0. The third kappa shape index (κ3) is 5.38. The van der Waals surface area contributed by atoms with Gasteiger partial charge in [0.1, 0.15) is 23.8 Å². The van der Waals surface area contributed by atoms with Gasteiger partial charge in [-0.05, 0) is 43.3 Å². The van der Waals surface area contributed by atoms with Crippen molar-refractivity contribution in [2.75, 3.05) is 37.5 Å². The molecule has 0 heterocycles.